The molecule has 1 N–H and O–H groups in total. The molecule has 0 spiro atoms. The van der Waals surface area contributed by atoms with Crippen LogP contribution in [0.2, 0.25) is 0 Å². The number of amides is 2. The Labute approximate surface area is 144 Å². The van der Waals surface area contributed by atoms with E-state index in [1.54, 1.807) is 17.3 Å². The summed E-state index contributed by atoms with van der Waals surface area (Å²) in [5.74, 6) is 1.80. The first-order valence-electron chi connectivity index (χ1n) is 8.16. The highest BCUT2D eigenvalue weighted by molar-refractivity contribution is 5.89. The van der Waals surface area contributed by atoms with Crippen molar-refractivity contribution in [3.8, 4) is 11.3 Å². The molecule has 8 heteroatoms. The normalized spacial score (nSPS) is 17.0. The molecule has 4 rings (SSSR count). The van der Waals surface area contributed by atoms with Crippen LogP contribution in [-0.4, -0.2) is 37.4 Å². The summed E-state index contributed by atoms with van der Waals surface area (Å²) >= 11 is 0. The molecular weight excluding hydrogens is 320 g/mol. The fraction of sp³-hybridized carbons (Fsp3) is 0.294. The molecule has 1 saturated heterocycles. The summed E-state index contributed by atoms with van der Waals surface area (Å²) in [6, 6.07) is 11.1. The molecule has 0 saturated carbocycles. The second-order valence-corrected chi connectivity index (χ2v) is 6.02. The van der Waals surface area contributed by atoms with Gasteiger partial charge in [-0.3, -0.25) is 5.32 Å². The Hall–Kier alpha value is -3.16. The lowest BCUT2D eigenvalue weighted by atomic mass is 10.2. The monoisotopic (exact) mass is 338 g/mol. The molecule has 0 bridgehead atoms. The Morgan fingerprint density at radius 1 is 1.32 bits per heavy atom. The van der Waals surface area contributed by atoms with Crippen molar-refractivity contribution in [2.45, 2.75) is 18.9 Å². The van der Waals surface area contributed by atoms with E-state index in [9.17, 15) is 4.79 Å². The molecular formula is C17H18N6O2. The van der Waals surface area contributed by atoms with Crippen LogP contribution in [0.15, 0.2) is 47.2 Å². The van der Waals surface area contributed by atoms with Gasteiger partial charge in [0.1, 0.15) is 6.33 Å². The van der Waals surface area contributed by atoms with Crippen molar-refractivity contribution in [3.05, 3.63) is 48.5 Å². The van der Waals surface area contributed by atoms with E-state index >= 15 is 0 Å². The van der Waals surface area contributed by atoms with Crippen molar-refractivity contribution in [1.82, 2.24) is 24.8 Å². The average molecular weight is 338 g/mol. The minimum atomic E-state index is -0.210. The predicted molar refractivity (Wildman–Crippen MR) is 90.6 cm³/mol. The maximum absolute atomic E-state index is 12.7. The lowest BCUT2D eigenvalue weighted by Gasteiger charge is -2.23. The van der Waals surface area contributed by atoms with Crippen LogP contribution in [0.25, 0.3) is 11.3 Å². The van der Waals surface area contributed by atoms with Crippen molar-refractivity contribution in [1.29, 1.82) is 0 Å². The third kappa shape index (κ3) is 2.98. The van der Waals surface area contributed by atoms with E-state index in [-0.39, 0.29) is 12.1 Å². The number of benzene rings is 1. The SMILES string of the molecule is Cn1cnnc1[C@@H]1CCCN1C(=O)Nc1cc(-c2ccccc2)on1. The number of aromatic nitrogens is 4. The summed E-state index contributed by atoms with van der Waals surface area (Å²) in [7, 11) is 1.88. The van der Waals surface area contributed by atoms with Gasteiger partial charge in [0.25, 0.3) is 0 Å². The number of urea groups is 1. The van der Waals surface area contributed by atoms with E-state index in [0.29, 0.717) is 18.1 Å². The second-order valence-electron chi connectivity index (χ2n) is 6.02. The van der Waals surface area contributed by atoms with Crippen LogP contribution < -0.4 is 5.32 Å². The molecule has 1 aliphatic rings. The third-order valence-corrected chi connectivity index (χ3v) is 4.36. The number of likely N-dealkylation sites (tertiary alicyclic amines) is 1. The molecule has 1 aliphatic heterocycles. The van der Waals surface area contributed by atoms with Crippen LogP contribution >= 0.6 is 0 Å². The fourth-order valence-electron chi connectivity index (χ4n) is 3.13. The molecule has 0 radical (unpaired) electrons. The van der Waals surface area contributed by atoms with E-state index in [4.69, 9.17) is 4.52 Å². The molecule has 1 atom stereocenters. The van der Waals surface area contributed by atoms with Crippen LogP contribution in [0.3, 0.4) is 0 Å². The summed E-state index contributed by atoms with van der Waals surface area (Å²) in [6.07, 6.45) is 3.45. The van der Waals surface area contributed by atoms with Gasteiger partial charge in [0.05, 0.1) is 6.04 Å². The number of nitrogens with zero attached hydrogens (tertiary/aromatic N) is 5. The van der Waals surface area contributed by atoms with E-state index in [1.807, 2.05) is 41.9 Å². The first kappa shape index (κ1) is 15.4. The number of rotatable bonds is 3. The molecule has 2 aromatic heterocycles. The number of hydrogen-bond acceptors (Lipinski definition) is 5. The van der Waals surface area contributed by atoms with Gasteiger partial charge in [0, 0.05) is 25.2 Å². The van der Waals surface area contributed by atoms with Crippen LogP contribution in [-0.2, 0) is 7.05 Å². The zero-order valence-electron chi connectivity index (χ0n) is 13.8. The quantitative estimate of drug-likeness (QED) is 0.793. The predicted octanol–water partition coefficient (Wildman–Crippen LogP) is 2.84. The van der Waals surface area contributed by atoms with Gasteiger partial charge in [0.2, 0.25) is 0 Å². The fourth-order valence-corrected chi connectivity index (χ4v) is 3.13. The summed E-state index contributed by atoms with van der Waals surface area (Å²) in [5, 5.41) is 14.8. The highest BCUT2D eigenvalue weighted by Gasteiger charge is 2.33. The molecule has 1 fully saturated rings. The third-order valence-electron chi connectivity index (χ3n) is 4.36. The lowest BCUT2D eigenvalue weighted by molar-refractivity contribution is 0.204. The summed E-state index contributed by atoms with van der Waals surface area (Å²) < 4.78 is 7.17. The van der Waals surface area contributed by atoms with Gasteiger partial charge in [-0.25, -0.2) is 4.79 Å². The van der Waals surface area contributed by atoms with E-state index in [1.165, 1.54) is 0 Å². The molecule has 128 valence electrons. The Morgan fingerprint density at radius 3 is 2.92 bits per heavy atom. The van der Waals surface area contributed by atoms with Crippen molar-refractivity contribution in [3.63, 3.8) is 0 Å². The van der Waals surface area contributed by atoms with Crippen LogP contribution in [0, 0.1) is 0 Å². The minimum Gasteiger partial charge on any atom is -0.354 e. The van der Waals surface area contributed by atoms with Crippen LogP contribution in [0.4, 0.5) is 10.6 Å². The first-order chi connectivity index (χ1) is 12.2. The van der Waals surface area contributed by atoms with E-state index in [2.05, 4.69) is 20.7 Å². The van der Waals surface area contributed by atoms with Crippen molar-refractivity contribution in [2.75, 3.05) is 11.9 Å². The number of hydrogen-bond donors (Lipinski definition) is 1. The summed E-state index contributed by atoms with van der Waals surface area (Å²) in [6.45, 7) is 0.673. The maximum Gasteiger partial charge on any atom is 0.323 e. The maximum atomic E-state index is 12.7. The number of aryl methyl sites for hydroxylation is 1. The average Bonchev–Trinajstić information content (AvgIpc) is 3.35. The smallest absolute Gasteiger partial charge is 0.323 e. The Balaban J connectivity index is 1.49. The van der Waals surface area contributed by atoms with Gasteiger partial charge in [-0.1, -0.05) is 35.5 Å². The summed E-state index contributed by atoms with van der Waals surface area (Å²) in [5.41, 5.74) is 0.911. The van der Waals surface area contributed by atoms with Gasteiger partial charge in [-0.2, -0.15) is 0 Å². The summed E-state index contributed by atoms with van der Waals surface area (Å²) in [4.78, 5) is 14.4. The zero-order chi connectivity index (χ0) is 17.2. The van der Waals surface area contributed by atoms with Crippen LogP contribution in [0.1, 0.15) is 24.7 Å². The van der Waals surface area contributed by atoms with Crippen LogP contribution in [0.5, 0.6) is 0 Å². The van der Waals surface area contributed by atoms with Crippen molar-refractivity contribution < 1.29 is 9.32 Å². The molecule has 25 heavy (non-hydrogen) atoms. The molecule has 8 nitrogen and oxygen atoms in total. The molecule has 3 aromatic rings. The van der Waals surface area contributed by atoms with Crippen molar-refractivity contribution >= 4 is 11.8 Å². The van der Waals surface area contributed by atoms with Crippen molar-refractivity contribution in [2.24, 2.45) is 7.05 Å². The number of carbonyl (C=O) groups excluding carboxylic acids is 1. The Kier molecular flexibility index (Phi) is 3.93. The molecule has 2 amide bonds. The molecule has 0 unspecified atom stereocenters. The number of anilines is 1. The largest absolute Gasteiger partial charge is 0.354 e. The molecule has 1 aromatic carbocycles. The van der Waals surface area contributed by atoms with Gasteiger partial charge in [-0.05, 0) is 12.8 Å². The minimum absolute atomic E-state index is 0.0759. The van der Waals surface area contributed by atoms with E-state index < -0.39 is 0 Å². The lowest BCUT2D eigenvalue weighted by Crippen LogP contribution is -2.35. The van der Waals surface area contributed by atoms with E-state index in [0.717, 1.165) is 24.2 Å². The highest BCUT2D eigenvalue weighted by Crippen LogP contribution is 2.31. The Morgan fingerprint density at radius 2 is 2.16 bits per heavy atom. The Bertz CT molecular complexity index is 872. The first-order valence-corrected chi connectivity index (χ1v) is 8.16. The second kappa shape index (κ2) is 6.39. The van der Waals surface area contributed by atoms with Gasteiger partial charge < -0.3 is 14.0 Å². The molecule has 3 heterocycles. The van der Waals surface area contributed by atoms with Gasteiger partial charge in [0.15, 0.2) is 17.4 Å². The highest BCUT2D eigenvalue weighted by atomic mass is 16.5. The topological polar surface area (TPSA) is 89.1 Å². The standard InChI is InChI=1S/C17H18N6O2/c1-22-11-18-20-16(22)13-8-5-9-23(13)17(24)19-15-10-14(25-21-15)12-6-3-2-4-7-12/h2-4,6-7,10-11,13H,5,8-9H2,1H3,(H,19,21,24)/t13-/m0/s1. The number of carbonyl (C=O) groups is 1. The number of nitrogens with one attached hydrogen (secondary N) is 1. The molecule has 0 aliphatic carbocycles. The van der Waals surface area contributed by atoms with Gasteiger partial charge in [-0.15, -0.1) is 10.2 Å². The zero-order valence-corrected chi connectivity index (χ0v) is 13.8. The van der Waals surface area contributed by atoms with Gasteiger partial charge >= 0.3 is 6.03 Å².